The summed E-state index contributed by atoms with van der Waals surface area (Å²) in [6.45, 7) is 3.88. The molecular weight excluding hydrogens is 327 g/mol. The molecule has 1 saturated heterocycles. The van der Waals surface area contributed by atoms with E-state index in [1.54, 1.807) is 6.92 Å². The Balaban J connectivity index is 1.97. The first-order valence-corrected chi connectivity index (χ1v) is 8.44. The van der Waals surface area contributed by atoms with Crippen LogP contribution in [0.15, 0.2) is 11.0 Å². The zero-order valence-electron chi connectivity index (χ0n) is 13.0. The molecule has 0 spiro atoms. The molecule has 2 rings (SSSR count). The number of esters is 1. The topological polar surface area (TPSA) is 79.7 Å². The van der Waals surface area contributed by atoms with Gasteiger partial charge in [-0.3, -0.25) is 9.36 Å². The number of ether oxygens (including phenoxy) is 3. The zero-order chi connectivity index (χ0) is 16.8. The van der Waals surface area contributed by atoms with Crippen LogP contribution in [0, 0.1) is 5.82 Å². The fourth-order valence-electron chi connectivity index (χ4n) is 1.99. The van der Waals surface area contributed by atoms with Gasteiger partial charge in [-0.2, -0.15) is 9.37 Å². The van der Waals surface area contributed by atoms with Crippen molar-refractivity contribution in [3.05, 3.63) is 22.5 Å². The first-order chi connectivity index (χ1) is 11.0. The van der Waals surface area contributed by atoms with Gasteiger partial charge in [-0.25, -0.2) is 4.79 Å². The average Bonchev–Trinajstić information content (AvgIpc) is 2.98. The quantitative estimate of drug-likeness (QED) is 0.695. The van der Waals surface area contributed by atoms with Crippen molar-refractivity contribution in [2.24, 2.45) is 0 Å². The summed E-state index contributed by atoms with van der Waals surface area (Å²) in [6.07, 6.45) is 1.44. The molecule has 2 heterocycles. The number of halogens is 1. The van der Waals surface area contributed by atoms with Gasteiger partial charge in [0, 0.05) is 12.2 Å². The monoisotopic (exact) mass is 346 g/mol. The third-order valence-corrected chi connectivity index (χ3v) is 4.13. The first kappa shape index (κ1) is 17.7. The second-order valence-corrected chi connectivity index (χ2v) is 6.00. The van der Waals surface area contributed by atoms with Crippen LogP contribution >= 0.6 is 11.8 Å². The fourth-order valence-corrected chi connectivity index (χ4v) is 2.98. The van der Waals surface area contributed by atoms with Crippen molar-refractivity contribution in [3.63, 3.8) is 0 Å². The zero-order valence-corrected chi connectivity index (χ0v) is 13.8. The summed E-state index contributed by atoms with van der Waals surface area (Å²) in [4.78, 5) is 26.8. The van der Waals surface area contributed by atoms with Crippen LogP contribution < -0.4 is 10.4 Å². The highest BCUT2D eigenvalue weighted by Crippen LogP contribution is 2.31. The number of aromatic nitrogens is 2. The summed E-state index contributed by atoms with van der Waals surface area (Å²) in [5.41, 5.74) is -1.04. The largest absolute Gasteiger partial charge is 0.476 e. The molecule has 2 atom stereocenters. The molecule has 9 heteroatoms. The molecule has 1 fully saturated rings. The van der Waals surface area contributed by atoms with Crippen LogP contribution in [0.1, 0.15) is 32.9 Å². The van der Waals surface area contributed by atoms with E-state index in [1.165, 1.54) is 11.8 Å². The van der Waals surface area contributed by atoms with Gasteiger partial charge in [0.15, 0.2) is 0 Å². The predicted octanol–water partition coefficient (Wildman–Crippen LogP) is 1.71. The lowest BCUT2D eigenvalue weighted by atomic mass is 10.3. The molecule has 0 aromatic carbocycles. The number of carbonyl (C=O) groups excluding carboxylic acids is 1. The lowest BCUT2D eigenvalue weighted by Crippen LogP contribution is -2.29. The first-order valence-electron chi connectivity index (χ1n) is 7.39. The number of carbonyl (C=O) groups is 1. The number of hydrogen-bond donors (Lipinski definition) is 0. The smallest absolute Gasteiger partial charge is 0.353 e. The molecule has 1 aliphatic rings. The van der Waals surface area contributed by atoms with E-state index < -0.39 is 17.7 Å². The Morgan fingerprint density at radius 1 is 1.57 bits per heavy atom. The molecule has 0 aliphatic carbocycles. The molecule has 1 aromatic rings. The second-order valence-electron chi connectivity index (χ2n) is 4.80. The molecule has 0 N–H and O–H groups in total. The van der Waals surface area contributed by atoms with E-state index in [0.717, 1.165) is 10.8 Å². The third kappa shape index (κ3) is 4.68. The van der Waals surface area contributed by atoms with Crippen molar-refractivity contribution < 1.29 is 23.4 Å². The lowest BCUT2D eigenvalue weighted by Gasteiger charge is -2.15. The fraction of sp³-hybridized carbons (Fsp3) is 0.643. The predicted molar refractivity (Wildman–Crippen MR) is 81.9 cm³/mol. The van der Waals surface area contributed by atoms with Gasteiger partial charge in [-0.1, -0.05) is 6.92 Å². The molecule has 0 saturated carbocycles. The maximum atomic E-state index is 13.8. The van der Waals surface area contributed by atoms with E-state index in [1.807, 2.05) is 6.92 Å². The highest BCUT2D eigenvalue weighted by molar-refractivity contribution is 8.00. The van der Waals surface area contributed by atoms with Crippen LogP contribution in [-0.4, -0.2) is 39.9 Å². The summed E-state index contributed by atoms with van der Waals surface area (Å²) in [7, 11) is 0. The van der Waals surface area contributed by atoms with Gasteiger partial charge in [-0.05, 0) is 13.3 Å². The maximum absolute atomic E-state index is 13.8. The number of nitrogens with zero attached hydrogens (tertiary/aromatic N) is 2. The van der Waals surface area contributed by atoms with Crippen molar-refractivity contribution in [3.8, 4) is 5.88 Å². The maximum Gasteiger partial charge on any atom is 0.353 e. The van der Waals surface area contributed by atoms with Crippen LogP contribution in [0.5, 0.6) is 5.88 Å². The van der Waals surface area contributed by atoms with E-state index in [0.29, 0.717) is 18.6 Å². The minimum atomic E-state index is -0.724. The van der Waals surface area contributed by atoms with Gasteiger partial charge in [0.1, 0.15) is 18.3 Å². The summed E-state index contributed by atoms with van der Waals surface area (Å²) in [5.74, 6) is -0.890. The van der Waals surface area contributed by atoms with Crippen molar-refractivity contribution in [2.75, 3.05) is 19.0 Å². The summed E-state index contributed by atoms with van der Waals surface area (Å²) in [6, 6.07) is 0. The number of hydrogen-bond acceptors (Lipinski definition) is 7. The summed E-state index contributed by atoms with van der Waals surface area (Å²) < 4.78 is 30.5. The SMILES string of the molecule is CCCC(=O)OC[C@H]1O[C@H](n2cc(F)c(OCC)nc2=O)CS1. The van der Waals surface area contributed by atoms with Gasteiger partial charge >= 0.3 is 11.7 Å². The number of thioether (sulfide) groups is 1. The summed E-state index contributed by atoms with van der Waals surface area (Å²) in [5, 5.41) is 0. The molecule has 7 nitrogen and oxygen atoms in total. The van der Waals surface area contributed by atoms with Gasteiger partial charge in [0.25, 0.3) is 5.88 Å². The standard InChI is InChI=1S/C14H19FN2O5S/c1-3-5-11(18)21-7-12-22-10(8-23-12)17-6-9(15)13(20-4-2)16-14(17)19/h6,10,12H,3-5,7-8H2,1-2H3/t10-,12-/m0/s1. The minimum Gasteiger partial charge on any atom is -0.476 e. The lowest BCUT2D eigenvalue weighted by molar-refractivity contribution is -0.146. The molecule has 0 radical (unpaired) electrons. The van der Waals surface area contributed by atoms with Gasteiger partial charge in [0.2, 0.25) is 5.82 Å². The molecular formula is C14H19FN2O5S. The average molecular weight is 346 g/mol. The van der Waals surface area contributed by atoms with Crippen LogP contribution in [-0.2, 0) is 14.3 Å². The Labute approximate surface area is 137 Å². The van der Waals surface area contributed by atoms with E-state index in [4.69, 9.17) is 14.2 Å². The normalized spacial score (nSPS) is 20.5. The van der Waals surface area contributed by atoms with Crippen LogP contribution in [0.2, 0.25) is 0 Å². The third-order valence-electron chi connectivity index (χ3n) is 3.03. The highest BCUT2D eigenvalue weighted by Gasteiger charge is 2.29. The molecule has 128 valence electrons. The molecule has 0 unspecified atom stereocenters. The Morgan fingerprint density at radius 3 is 3.04 bits per heavy atom. The van der Waals surface area contributed by atoms with Gasteiger partial charge in [-0.15, -0.1) is 11.8 Å². The van der Waals surface area contributed by atoms with Crippen LogP contribution in [0.3, 0.4) is 0 Å². The van der Waals surface area contributed by atoms with Crippen LogP contribution in [0.25, 0.3) is 0 Å². The summed E-state index contributed by atoms with van der Waals surface area (Å²) >= 11 is 1.39. The minimum absolute atomic E-state index is 0.0989. The van der Waals surface area contributed by atoms with Crippen molar-refractivity contribution in [2.45, 2.75) is 38.4 Å². The van der Waals surface area contributed by atoms with Gasteiger partial charge < -0.3 is 14.2 Å². The molecule has 1 aliphatic heterocycles. The molecule has 0 bridgehead atoms. The molecule has 0 amide bonds. The van der Waals surface area contributed by atoms with Crippen molar-refractivity contribution in [1.29, 1.82) is 0 Å². The van der Waals surface area contributed by atoms with E-state index in [9.17, 15) is 14.0 Å². The molecule has 1 aromatic heterocycles. The van der Waals surface area contributed by atoms with Crippen molar-refractivity contribution in [1.82, 2.24) is 9.55 Å². The Kier molecular flexibility index (Phi) is 6.40. The Bertz CT molecular complexity index is 609. The second kappa shape index (κ2) is 8.30. The van der Waals surface area contributed by atoms with E-state index in [2.05, 4.69) is 4.98 Å². The molecule has 23 heavy (non-hydrogen) atoms. The highest BCUT2D eigenvalue weighted by atomic mass is 32.2. The number of rotatable bonds is 7. The van der Waals surface area contributed by atoms with Crippen LogP contribution in [0.4, 0.5) is 4.39 Å². The van der Waals surface area contributed by atoms with E-state index in [-0.39, 0.29) is 30.5 Å². The Morgan fingerprint density at radius 2 is 2.35 bits per heavy atom. The Hall–Kier alpha value is -1.61. The van der Waals surface area contributed by atoms with Crippen molar-refractivity contribution >= 4 is 17.7 Å². The van der Waals surface area contributed by atoms with E-state index >= 15 is 0 Å². The van der Waals surface area contributed by atoms with Gasteiger partial charge in [0.05, 0.1) is 12.8 Å².